The number of anilines is 2. The summed E-state index contributed by atoms with van der Waals surface area (Å²) in [7, 11) is 2.02. The summed E-state index contributed by atoms with van der Waals surface area (Å²) in [6.07, 6.45) is 2.20. The molecule has 1 aliphatic heterocycles. The summed E-state index contributed by atoms with van der Waals surface area (Å²) in [5.41, 5.74) is 8.35. The predicted octanol–water partition coefficient (Wildman–Crippen LogP) is 7.38. The first-order chi connectivity index (χ1) is 16.5. The molecule has 3 aromatic carbocycles. The molecule has 0 amide bonds. The number of nitroso groups, excluding NO2 is 1. The van der Waals surface area contributed by atoms with Crippen LogP contribution in [0.3, 0.4) is 0 Å². The maximum Gasteiger partial charge on any atom is 0.335 e. The van der Waals surface area contributed by atoms with E-state index >= 15 is 0 Å². The fraction of sp³-hybridized carbons (Fsp3) is 0.310. The van der Waals surface area contributed by atoms with Crippen molar-refractivity contribution in [3.8, 4) is 0 Å². The van der Waals surface area contributed by atoms with E-state index in [9.17, 15) is 14.8 Å². The third-order valence-corrected chi connectivity index (χ3v) is 7.65. The molecule has 0 saturated heterocycles. The molecule has 5 rings (SSSR count). The number of carbonyl (C=O) groups is 1. The van der Waals surface area contributed by atoms with Crippen molar-refractivity contribution in [2.45, 2.75) is 51.4 Å². The second kappa shape index (κ2) is 7.87. The quantitative estimate of drug-likeness (QED) is 0.407. The highest BCUT2D eigenvalue weighted by Crippen LogP contribution is 2.50. The van der Waals surface area contributed by atoms with Crippen LogP contribution in [0, 0.1) is 4.91 Å². The van der Waals surface area contributed by atoms with E-state index in [1.54, 1.807) is 36.4 Å². The van der Waals surface area contributed by atoms with E-state index in [1.165, 1.54) is 11.1 Å². The first-order valence-corrected chi connectivity index (χ1v) is 11.8. The lowest BCUT2D eigenvalue weighted by molar-refractivity contribution is 0.0697. The lowest BCUT2D eigenvalue weighted by Gasteiger charge is -2.43. The van der Waals surface area contributed by atoms with Gasteiger partial charge in [0.15, 0.2) is 0 Å². The number of benzene rings is 3. The topological polar surface area (TPSA) is 82.3 Å². The van der Waals surface area contributed by atoms with E-state index in [2.05, 4.69) is 49.9 Å². The Hall–Kier alpha value is -3.80. The second-order valence-electron chi connectivity index (χ2n) is 10.8. The minimum atomic E-state index is -0.968. The fourth-order valence-corrected chi connectivity index (χ4v) is 5.31. The Morgan fingerprint density at radius 3 is 2.14 bits per heavy atom. The number of nitrogens with zero attached hydrogens (tertiary/aromatic N) is 3. The number of aliphatic imine (C=N–C) groups is 1. The third-order valence-electron chi connectivity index (χ3n) is 7.65. The molecule has 0 bridgehead atoms. The molecule has 3 aromatic rings. The van der Waals surface area contributed by atoms with Crippen LogP contribution in [0.15, 0.2) is 64.8 Å². The van der Waals surface area contributed by atoms with Crippen molar-refractivity contribution >= 4 is 34.4 Å². The number of carboxylic acids is 1. The van der Waals surface area contributed by atoms with Gasteiger partial charge in [0.25, 0.3) is 0 Å². The molecule has 6 heteroatoms. The molecule has 2 aliphatic rings. The van der Waals surface area contributed by atoms with Gasteiger partial charge in [-0.2, -0.15) is 0 Å². The second-order valence-corrected chi connectivity index (χ2v) is 10.8. The fourth-order valence-electron chi connectivity index (χ4n) is 5.31. The van der Waals surface area contributed by atoms with Gasteiger partial charge in [-0.3, -0.25) is 0 Å². The van der Waals surface area contributed by atoms with Crippen LogP contribution in [-0.4, -0.2) is 23.8 Å². The molecule has 1 heterocycles. The number of rotatable bonds is 3. The summed E-state index contributed by atoms with van der Waals surface area (Å²) >= 11 is 0. The zero-order chi connectivity index (χ0) is 25.1. The Balaban J connectivity index is 1.83. The van der Waals surface area contributed by atoms with E-state index in [0.29, 0.717) is 11.4 Å². The zero-order valence-corrected chi connectivity index (χ0v) is 20.7. The molecule has 0 fully saturated rings. The highest BCUT2D eigenvalue weighted by atomic mass is 16.4. The molecule has 178 valence electrons. The van der Waals surface area contributed by atoms with Crippen molar-refractivity contribution in [3.63, 3.8) is 0 Å². The number of hydrogen-bond acceptors (Lipinski definition) is 5. The van der Waals surface area contributed by atoms with Crippen LogP contribution < -0.4 is 4.90 Å². The number of carboxylic acid groups (broad SMARTS) is 1. The first-order valence-electron chi connectivity index (χ1n) is 11.8. The number of hydrogen-bond donors (Lipinski definition) is 1. The minimum Gasteiger partial charge on any atom is -0.478 e. The van der Waals surface area contributed by atoms with Gasteiger partial charge in [0.1, 0.15) is 5.69 Å². The van der Waals surface area contributed by atoms with Crippen LogP contribution in [0.5, 0.6) is 0 Å². The summed E-state index contributed by atoms with van der Waals surface area (Å²) in [4.78, 5) is 29.9. The molecule has 0 spiro atoms. The standard InChI is InChI=1S/C29H29N3O3/c1-28(2)12-13-29(3,4)22-16-25-20(15-21(22)28)26(17-6-8-18(9-7-17)27(33)34)30-23-14-19(31-35)10-11-24(23)32(25)5/h6-11,14-16H,12-13H2,1-5H3,(H,33,34). The molecule has 6 nitrogen and oxygen atoms in total. The summed E-state index contributed by atoms with van der Waals surface area (Å²) in [6, 6.07) is 16.7. The van der Waals surface area contributed by atoms with Crippen LogP contribution in [0.4, 0.5) is 22.7 Å². The van der Waals surface area contributed by atoms with Crippen molar-refractivity contribution in [3.05, 3.63) is 87.3 Å². The Morgan fingerprint density at radius 1 is 0.914 bits per heavy atom. The zero-order valence-electron chi connectivity index (χ0n) is 20.7. The van der Waals surface area contributed by atoms with Crippen LogP contribution in [0.1, 0.15) is 73.1 Å². The van der Waals surface area contributed by atoms with Gasteiger partial charge < -0.3 is 10.0 Å². The maximum absolute atomic E-state index is 11.4. The lowest BCUT2D eigenvalue weighted by atomic mass is 9.62. The van der Waals surface area contributed by atoms with Crippen LogP contribution in [0.25, 0.3) is 0 Å². The average Bonchev–Trinajstić information content (AvgIpc) is 2.95. The van der Waals surface area contributed by atoms with Crippen molar-refractivity contribution in [1.29, 1.82) is 0 Å². The van der Waals surface area contributed by atoms with Gasteiger partial charge in [0, 0.05) is 18.2 Å². The largest absolute Gasteiger partial charge is 0.478 e. The molecule has 0 aromatic heterocycles. The summed E-state index contributed by atoms with van der Waals surface area (Å²) in [6.45, 7) is 9.20. The summed E-state index contributed by atoms with van der Waals surface area (Å²) in [5, 5.41) is 12.5. The van der Waals surface area contributed by atoms with Crippen LogP contribution in [0.2, 0.25) is 0 Å². The molecular weight excluding hydrogens is 438 g/mol. The molecule has 35 heavy (non-hydrogen) atoms. The van der Waals surface area contributed by atoms with Gasteiger partial charge in [0.05, 0.1) is 28.3 Å². The van der Waals surface area contributed by atoms with E-state index in [-0.39, 0.29) is 16.4 Å². The highest BCUT2D eigenvalue weighted by molar-refractivity contribution is 6.19. The monoisotopic (exact) mass is 467 g/mol. The normalized spacial score (nSPS) is 17.4. The Morgan fingerprint density at radius 2 is 1.54 bits per heavy atom. The Labute approximate surface area is 205 Å². The molecule has 1 N–H and O–H groups in total. The van der Waals surface area contributed by atoms with E-state index in [4.69, 9.17) is 4.99 Å². The Bertz CT molecular complexity index is 1400. The van der Waals surface area contributed by atoms with E-state index in [0.717, 1.165) is 41.1 Å². The van der Waals surface area contributed by atoms with Crippen LogP contribution >= 0.6 is 0 Å². The highest BCUT2D eigenvalue weighted by Gasteiger charge is 2.39. The molecule has 1 aliphatic carbocycles. The van der Waals surface area contributed by atoms with Crippen LogP contribution in [-0.2, 0) is 10.8 Å². The maximum atomic E-state index is 11.4. The predicted molar refractivity (Wildman–Crippen MR) is 140 cm³/mol. The first kappa shape index (κ1) is 23.0. The van der Waals surface area contributed by atoms with Gasteiger partial charge >= 0.3 is 5.97 Å². The lowest BCUT2D eigenvalue weighted by Crippen LogP contribution is -2.34. The molecule has 0 radical (unpaired) electrons. The van der Waals surface area contributed by atoms with Gasteiger partial charge in [-0.05, 0) is 82.4 Å². The molecule has 0 saturated carbocycles. The molecular formula is C29H29N3O3. The van der Waals surface area contributed by atoms with E-state index < -0.39 is 5.97 Å². The molecule has 0 unspecified atom stereocenters. The van der Waals surface area contributed by atoms with Crippen molar-refractivity contribution in [1.82, 2.24) is 0 Å². The van der Waals surface area contributed by atoms with Gasteiger partial charge in [0.2, 0.25) is 0 Å². The van der Waals surface area contributed by atoms with Crippen molar-refractivity contribution in [2.24, 2.45) is 10.2 Å². The summed E-state index contributed by atoms with van der Waals surface area (Å²) in [5.74, 6) is -0.968. The van der Waals surface area contributed by atoms with Gasteiger partial charge in [-0.1, -0.05) is 39.8 Å². The van der Waals surface area contributed by atoms with Gasteiger partial charge in [-0.15, -0.1) is 4.91 Å². The SMILES string of the molecule is CN1c2ccc(N=O)cc2N=C(c2ccc(C(=O)O)cc2)c2cc3c(cc21)C(C)(C)CCC3(C)C. The van der Waals surface area contributed by atoms with Gasteiger partial charge in [-0.25, -0.2) is 9.79 Å². The number of fused-ring (bicyclic) bond motifs is 3. The summed E-state index contributed by atoms with van der Waals surface area (Å²) < 4.78 is 0. The third kappa shape index (κ3) is 3.73. The van der Waals surface area contributed by atoms with E-state index in [1.807, 2.05) is 13.1 Å². The van der Waals surface area contributed by atoms with Crippen molar-refractivity contribution in [2.75, 3.05) is 11.9 Å². The van der Waals surface area contributed by atoms with Crippen molar-refractivity contribution < 1.29 is 9.90 Å². The molecule has 0 atom stereocenters. The Kier molecular flexibility index (Phi) is 5.16. The average molecular weight is 468 g/mol. The smallest absolute Gasteiger partial charge is 0.335 e. The minimum absolute atomic E-state index is 0.0183. The number of aromatic carboxylic acids is 1.